The normalized spacial score (nSPS) is 20.7. The van der Waals surface area contributed by atoms with E-state index in [1.807, 2.05) is 0 Å². The number of carbonyl (C=O) groups is 4. The molecule has 1 unspecified atom stereocenters. The standard InChI is InChI=1S/C27H37ClN8O9/c1-10-41-22(38)18(14(3)37)42-11-15-13(2)16(33-34-29)21(43-15)35-12-30-17-19(35)31-23(28)32-20(17)36(24(39)44-26(4,5)6)25(40)45-27(7,8)9/h12-13,15-16,18,21H,10-11H2,1-9H3/t13-,15-,16+,18?,21-/m1/s1. The Hall–Kier alpha value is -4.05. The number of Topliss-reactive ketones (excluding diaryl/α,β-unsaturated/α-hetero) is 1. The number of carbonyl (C=O) groups excluding carboxylic acids is 4. The minimum atomic E-state index is -1.47. The SMILES string of the molecule is CCOC(=O)C(OC[C@H]1O[C@@H](n2cnc3c(N(C(=O)OC(C)(C)C)C(=O)OC(C)(C)C)nc(Cl)nc32)[C@@H](N=[N+]=[N-])[C@@H]1C)C(C)=O. The van der Waals surface area contributed by atoms with Crippen LogP contribution in [-0.4, -0.2) is 86.1 Å². The van der Waals surface area contributed by atoms with Crippen molar-refractivity contribution in [2.45, 2.75) is 98.0 Å². The average Bonchev–Trinajstić information content (AvgIpc) is 3.43. The molecule has 0 radical (unpaired) electrons. The summed E-state index contributed by atoms with van der Waals surface area (Å²) in [5, 5.41) is 3.54. The lowest BCUT2D eigenvalue weighted by atomic mass is 9.99. The number of rotatable bonds is 9. The predicted octanol–water partition coefficient (Wildman–Crippen LogP) is 4.91. The van der Waals surface area contributed by atoms with Gasteiger partial charge in [0, 0.05) is 4.91 Å². The second kappa shape index (κ2) is 13.9. The largest absolute Gasteiger partial charge is 0.464 e. The molecule has 0 spiro atoms. The highest BCUT2D eigenvalue weighted by molar-refractivity contribution is 6.29. The van der Waals surface area contributed by atoms with Crippen LogP contribution in [0, 0.1) is 5.92 Å². The van der Waals surface area contributed by atoms with E-state index in [2.05, 4.69) is 25.0 Å². The van der Waals surface area contributed by atoms with Crippen molar-refractivity contribution in [2.24, 2.45) is 11.0 Å². The maximum atomic E-state index is 13.3. The maximum Gasteiger partial charge on any atom is 0.425 e. The van der Waals surface area contributed by atoms with Gasteiger partial charge in [0.15, 0.2) is 22.8 Å². The number of fused-ring (bicyclic) bond motifs is 1. The Morgan fingerprint density at radius 1 is 1.13 bits per heavy atom. The molecule has 246 valence electrons. The summed E-state index contributed by atoms with van der Waals surface area (Å²) in [4.78, 5) is 67.1. The molecular formula is C27H37ClN8O9. The second-order valence-electron chi connectivity index (χ2n) is 12.1. The molecule has 3 heterocycles. The highest BCUT2D eigenvalue weighted by atomic mass is 35.5. The first kappa shape index (κ1) is 35.4. The Bertz CT molecular complexity index is 1470. The first-order chi connectivity index (χ1) is 20.9. The lowest BCUT2D eigenvalue weighted by molar-refractivity contribution is -0.164. The Morgan fingerprint density at radius 3 is 2.24 bits per heavy atom. The van der Waals surface area contributed by atoms with Crippen LogP contribution in [0.3, 0.4) is 0 Å². The van der Waals surface area contributed by atoms with Crippen LogP contribution in [0.5, 0.6) is 0 Å². The van der Waals surface area contributed by atoms with Gasteiger partial charge in [0.1, 0.15) is 17.4 Å². The summed E-state index contributed by atoms with van der Waals surface area (Å²) in [6, 6.07) is -0.857. The lowest BCUT2D eigenvalue weighted by Gasteiger charge is -2.28. The lowest BCUT2D eigenvalue weighted by Crippen LogP contribution is -2.44. The molecule has 0 bridgehead atoms. The quantitative estimate of drug-likeness (QED) is 0.0673. The molecule has 3 rings (SSSR count). The number of hydrogen-bond donors (Lipinski definition) is 0. The van der Waals surface area contributed by atoms with Crippen LogP contribution in [-0.2, 0) is 33.3 Å². The summed E-state index contributed by atoms with van der Waals surface area (Å²) in [7, 11) is 0. The van der Waals surface area contributed by atoms with Gasteiger partial charge in [0.2, 0.25) is 11.4 Å². The molecule has 0 N–H and O–H groups in total. The van der Waals surface area contributed by atoms with Crippen molar-refractivity contribution in [3.8, 4) is 0 Å². The molecule has 0 aliphatic carbocycles. The Balaban J connectivity index is 2.06. The fraction of sp³-hybridized carbons (Fsp3) is 0.667. The van der Waals surface area contributed by atoms with E-state index < -0.39 is 65.5 Å². The van der Waals surface area contributed by atoms with Gasteiger partial charge in [-0.2, -0.15) is 14.9 Å². The summed E-state index contributed by atoms with van der Waals surface area (Å²) in [5.41, 5.74) is 7.32. The summed E-state index contributed by atoms with van der Waals surface area (Å²) < 4.78 is 29.0. The summed E-state index contributed by atoms with van der Waals surface area (Å²) in [6.07, 6.45) is -4.18. The highest BCUT2D eigenvalue weighted by Gasteiger charge is 2.45. The van der Waals surface area contributed by atoms with Crippen molar-refractivity contribution in [3.05, 3.63) is 22.1 Å². The molecule has 1 saturated heterocycles. The van der Waals surface area contributed by atoms with Gasteiger partial charge in [0.05, 0.1) is 31.7 Å². The van der Waals surface area contributed by atoms with E-state index in [0.29, 0.717) is 4.90 Å². The number of amides is 2. The third-order valence-corrected chi connectivity index (χ3v) is 6.40. The molecule has 5 atom stereocenters. The number of ketones is 1. The van der Waals surface area contributed by atoms with Crippen molar-refractivity contribution in [1.29, 1.82) is 0 Å². The molecule has 0 aromatic carbocycles. The van der Waals surface area contributed by atoms with E-state index in [4.69, 9.17) is 35.3 Å². The third kappa shape index (κ3) is 8.57. The molecule has 2 aromatic rings. The van der Waals surface area contributed by atoms with E-state index in [1.165, 1.54) is 17.8 Å². The van der Waals surface area contributed by atoms with Gasteiger partial charge in [0.25, 0.3) is 0 Å². The maximum absolute atomic E-state index is 13.3. The number of ether oxygens (including phenoxy) is 5. The predicted molar refractivity (Wildman–Crippen MR) is 158 cm³/mol. The van der Waals surface area contributed by atoms with Gasteiger partial charge in [-0.15, -0.1) is 0 Å². The topological polar surface area (TPSA) is 210 Å². The zero-order valence-electron chi connectivity index (χ0n) is 26.5. The number of imide groups is 1. The summed E-state index contributed by atoms with van der Waals surface area (Å²) in [6.45, 7) is 14.1. The van der Waals surface area contributed by atoms with Crippen LogP contribution in [0.15, 0.2) is 11.4 Å². The number of halogens is 1. The Morgan fingerprint density at radius 2 is 1.73 bits per heavy atom. The van der Waals surface area contributed by atoms with E-state index in [9.17, 15) is 24.7 Å². The van der Waals surface area contributed by atoms with Crippen LogP contribution in [0.25, 0.3) is 21.6 Å². The Kier molecular flexibility index (Phi) is 11.0. The zero-order chi connectivity index (χ0) is 33.9. The number of hydrogen-bond acceptors (Lipinski definition) is 13. The van der Waals surface area contributed by atoms with Crippen molar-refractivity contribution in [2.75, 3.05) is 18.1 Å². The summed E-state index contributed by atoms with van der Waals surface area (Å²) >= 11 is 6.29. The molecule has 2 amide bonds. The van der Waals surface area contributed by atoms with Crippen molar-refractivity contribution in [1.82, 2.24) is 19.5 Å². The van der Waals surface area contributed by atoms with Gasteiger partial charge in [-0.3, -0.25) is 9.36 Å². The number of esters is 1. The van der Waals surface area contributed by atoms with E-state index in [-0.39, 0.29) is 35.5 Å². The van der Waals surface area contributed by atoms with Gasteiger partial charge in [-0.05, 0) is 78.4 Å². The Labute approximate surface area is 264 Å². The first-order valence-corrected chi connectivity index (χ1v) is 14.4. The molecule has 1 fully saturated rings. The van der Waals surface area contributed by atoms with Crippen LogP contribution in [0.2, 0.25) is 5.28 Å². The van der Waals surface area contributed by atoms with Gasteiger partial charge in [-0.25, -0.2) is 19.4 Å². The van der Waals surface area contributed by atoms with Crippen molar-refractivity contribution >= 4 is 52.5 Å². The average molecular weight is 653 g/mol. The van der Waals surface area contributed by atoms with Crippen LogP contribution in [0.4, 0.5) is 15.4 Å². The second-order valence-corrected chi connectivity index (χ2v) is 12.5. The molecule has 45 heavy (non-hydrogen) atoms. The zero-order valence-corrected chi connectivity index (χ0v) is 27.3. The molecule has 2 aromatic heterocycles. The number of anilines is 1. The van der Waals surface area contributed by atoms with Crippen LogP contribution < -0.4 is 4.90 Å². The molecule has 18 heteroatoms. The van der Waals surface area contributed by atoms with Gasteiger partial charge in [-0.1, -0.05) is 12.0 Å². The number of imidazole rings is 1. The molecule has 17 nitrogen and oxygen atoms in total. The fourth-order valence-corrected chi connectivity index (χ4v) is 4.51. The molecular weight excluding hydrogens is 616 g/mol. The van der Waals surface area contributed by atoms with Gasteiger partial charge >= 0.3 is 18.2 Å². The van der Waals surface area contributed by atoms with Crippen molar-refractivity contribution < 1.29 is 42.9 Å². The van der Waals surface area contributed by atoms with Crippen molar-refractivity contribution in [3.63, 3.8) is 0 Å². The number of aromatic nitrogens is 4. The van der Waals surface area contributed by atoms with Gasteiger partial charge < -0.3 is 23.7 Å². The molecule has 1 aliphatic rings. The fourth-order valence-electron chi connectivity index (χ4n) is 4.35. The highest BCUT2D eigenvalue weighted by Crippen LogP contribution is 2.39. The number of azide groups is 1. The molecule has 0 saturated carbocycles. The summed E-state index contributed by atoms with van der Waals surface area (Å²) in [5.74, 6) is -2.20. The third-order valence-electron chi connectivity index (χ3n) is 6.23. The van der Waals surface area contributed by atoms with Crippen LogP contribution >= 0.6 is 11.6 Å². The minimum Gasteiger partial charge on any atom is -0.464 e. The van der Waals surface area contributed by atoms with Crippen LogP contribution in [0.1, 0.15) is 68.5 Å². The number of nitrogens with zero attached hydrogens (tertiary/aromatic N) is 8. The van der Waals surface area contributed by atoms with E-state index >= 15 is 0 Å². The minimum absolute atomic E-state index is 0.0205. The smallest absolute Gasteiger partial charge is 0.425 e. The monoisotopic (exact) mass is 652 g/mol. The molecule has 1 aliphatic heterocycles. The van der Waals surface area contributed by atoms with E-state index in [1.54, 1.807) is 55.4 Å². The van der Waals surface area contributed by atoms with E-state index in [0.717, 1.165) is 0 Å². The first-order valence-electron chi connectivity index (χ1n) is 14.0.